The van der Waals surface area contributed by atoms with Gasteiger partial charge in [0.15, 0.2) is 11.6 Å². The molecule has 0 N–H and O–H groups in total. The van der Waals surface area contributed by atoms with Crippen molar-refractivity contribution in [1.82, 2.24) is 0 Å². The summed E-state index contributed by atoms with van der Waals surface area (Å²) in [6.07, 6.45) is 0.948. The Morgan fingerprint density at radius 2 is 2.15 bits per heavy atom. The summed E-state index contributed by atoms with van der Waals surface area (Å²) in [4.78, 5) is 0. The lowest BCUT2D eigenvalue weighted by atomic mass is 9.80. The Morgan fingerprint density at radius 1 is 1.38 bits per heavy atom. The number of halogens is 1. The van der Waals surface area contributed by atoms with E-state index in [0.29, 0.717) is 12.4 Å². The van der Waals surface area contributed by atoms with Crippen LogP contribution >= 0.6 is 0 Å². The van der Waals surface area contributed by atoms with Crippen LogP contribution in [0.15, 0.2) is 18.2 Å². The van der Waals surface area contributed by atoms with Crippen molar-refractivity contribution in [2.75, 3.05) is 6.61 Å². The van der Waals surface area contributed by atoms with Gasteiger partial charge >= 0.3 is 0 Å². The zero-order valence-electron chi connectivity index (χ0n) is 7.93. The largest absolute Gasteiger partial charge is 0.490 e. The molecule has 0 saturated heterocycles. The maximum Gasteiger partial charge on any atom is 0.165 e. The summed E-state index contributed by atoms with van der Waals surface area (Å²) in [7, 11) is 0. The highest BCUT2D eigenvalue weighted by atomic mass is 19.1. The van der Waals surface area contributed by atoms with Crippen LogP contribution in [-0.2, 0) is 5.41 Å². The summed E-state index contributed by atoms with van der Waals surface area (Å²) in [5, 5.41) is 0. The second kappa shape index (κ2) is 2.72. The molecule has 2 rings (SSSR count). The molecule has 0 bridgehead atoms. The van der Waals surface area contributed by atoms with Gasteiger partial charge in [-0.3, -0.25) is 0 Å². The van der Waals surface area contributed by atoms with Crippen LogP contribution in [0.1, 0.15) is 25.8 Å². The first kappa shape index (κ1) is 8.54. The summed E-state index contributed by atoms with van der Waals surface area (Å²) < 4.78 is 18.6. The number of hydrogen-bond acceptors (Lipinski definition) is 1. The standard InChI is InChI=1S/C11H13FO/c1-11(2)6-7-13-10-8(11)4-3-5-9(10)12/h3-5H,6-7H2,1-2H3. The highest BCUT2D eigenvalue weighted by molar-refractivity contribution is 5.41. The molecule has 0 spiro atoms. The molecule has 1 aliphatic heterocycles. The van der Waals surface area contributed by atoms with Crippen molar-refractivity contribution in [2.24, 2.45) is 0 Å². The van der Waals surface area contributed by atoms with Crippen molar-refractivity contribution in [3.8, 4) is 5.75 Å². The lowest BCUT2D eigenvalue weighted by molar-refractivity contribution is 0.223. The Hall–Kier alpha value is -1.05. The molecule has 1 aliphatic rings. The first-order chi connectivity index (χ1) is 6.11. The zero-order valence-corrected chi connectivity index (χ0v) is 7.93. The second-order valence-corrected chi connectivity index (χ2v) is 4.10. The van der Waals surface area contributed by atoms with Gasteiger partial charge in [0.25, 0.3) is 0 Å². The van der Waals surface area contributed by atoms with E-state index in [9.17, 15) is 4.39 Å². The molecule has 0 saturated carbocycles. The molecular weight excluding hydrogens is 167 g/mol. The second-order valence-electron chi connectivity index (χ2n) is 4.10. The molecule has 13 heavy (non-hydrogen) atoms. The maximum absolute atomic E-state index is 13.3. The van der Waals surface area contributed by atoms with Crippen LogP contribution in [0, 0.1) is 5.82 Å². The van der Waals surface area contributed by atoms with E-state index in [0.717, 1.165) is 12.0 Å². The molecule has 1 aromatic carbocycles. The van der Waals surface area contributed by atoms with E-state index in [1.807, 2.05) is 6.07 Å². The van der Waals surface area contributed by atoms with E-state index >= 15 is 0 Å². The smallest absolute Gasteiger partial charge is 0.165 e. The lowest BCUT2D eigenvalue weighted by Crippen LogP contribution is -2.27. The van der Waals surface area contributed by atoms with Crippen molar-refractivity contribution in [3.63, 3.8) is 0 Å². The van der Waals surface area contributed by atoms with Gasteiger partial charge in [-0.2, -0.15) is 0 Å². The lowest BCUT2D eigenvalue weighted by Gasteiger charge is -2.32. The van der Waals surface area contributed by atoms with E-state index in [-0.39, 0.29) is 11.2 Å². The van der Waals surface area contributed by atoms with E-state index in [1.54, 1.807) is 6.07 Å². The first-order valence-corrected chi connectivity index (χ1v) is 4.53. The van der Waals surface area contributed by atoms with E-state index in [2.05, 4.69) is 13.8 Å². The van der Waals surface area contributed by atoms with Gasteiger partial charge in [0.2, 0.25) is 0 Å². The van der Waals surface area contributed by atoms with Crippen LogP contribution in [-0.4, -0.2) is 6.61 Å². The highest BCUT2D eigenvalue weighted by Gasteiger charge is 2.29. The Labute approximate surface area is 77.5 Å². The number of ether oxygens (including phenoxy) is 1. The van der Waals surface area contributed by atoms with Gasteiger partial charge in [0, 0.05) is 5.56 Å². The van der Waals surface area contributed by atoms with Crippen LogP contribution in [0.2, 0.25) is 0 Å². The summed E-state index contributed by atoms with van der Waals surface area (Å²) >= 11 is 0. The molecule has 0 amide bonds. The van der Waals surface area contributed by atoms with Crippen molar-refractivity contribution < 1.29 is 9.13 Å². The minimum atomic E-state index is -0.245. The Bertz CT molecular complexity index is 331. The quantitative estimate of drug-likeness (QED) is 0.596. The van der Waals surface area contributed by atoms with Crippen molar-refractivity contribution in [3.05, 3.63) is 29.6 Å². The van der Waals surface area contributed by atoms with Crippen molar-refractivity contribution in [1.29, 1.82) is 0 Å². The van der Waals surface area contributed by atoms with Crippen LogP contribution in [0.4, 0.5) is 4.39 Å². The zero-order chi connectivity index (χ0) is 9.47. The molecule has 0 fully saturated rings. The van der Waals surface area contributed by atoms with Crippen LogP contribution in [0.5, 0.6) is 5.75 Å². The topological polar surface area (TPSA) is 9.23 Å². The van der Waals surface area contributed by atoms with Crippen molar-refractivity contribution in [2.45, 2.75) is 25.7 Å². The minimum absolute atomic E-state index is 0.0374. The van der Waals surface area contributed by atoms with Gasteiger partial charge in [0.05, 0.1) is 6.61 Å². The van der Waals surface area contributed by atoms with Gasteiger partial charge in [-0.1, -0.05) is 26.0 Å². The Kier molecular flexibility index (Phi) is 1.79. The third-order valence-electron chi connectivity index (χ3n) is 2.67. The van der Waals surface area contributed by atoms with Gasteiger partial charge in [0.1, 0.15) is 0 Å². The Morgan fingerprint density at radius 3 is 2.85 bits per heavy atom. The summed E-state index contributed by atoms with van der Waals surface area (Å²) in [5.74, 6) is 0.198. The van der Waals surface area contributed by atoms with Crippen LogP contribution in [0.25, 0.3) is 0 Å². The molecule has 0 atom stereocenters. The summed E-state index contributed by atoms with van der Waals surface area (Å²) in [6.45, 7) is 4.85. The molecule has 0 radical (unpaired) electrons. The fourth-order valence-corrected chi connectivity index (χ4v) is 1.73. The van der Waals surface area contributed by atoms with Crippen LogP contribution in [0.3, 0.4) is 0 Å². The van der Waals surface area contributed by atoms with E-state index in [4.69, 9.17) is 4.74 Å². The molecule has 0 aliphatic carbocycles. The maximum atomic E-state index is 13.3. The number of hydrogen-bond donors (Lipinski definition) is 0. The fourth-order valence-electron chi connectivity index (χ4n) is 1.73. The van der Waals surface area contributed by atoms with Gasteiger partial charge < -0.3 is 4.74 Å². The number of benzene rings is 1. The number of rotatable bonds is 0. The third kappa shape index (κ3) is 1.30. The summed E-state index contributed by atoms with van der Waals surface area (Å²) in [6, 6.07) is 5.13. The molecule has 1 aromatic rings. The van der Waals surface area contributed by atoms with E-state index < -0.39 is 0 Å². The monoisotopic (exact) mass is 180 g/mol. The molecule has 2 heteroatoms. The van der Waals surface area contributed by atoms with Gasteiger partial charge in [-0.25, -0.2) is 4.39 Å². The Balaban J connectivity index is 2.58. The van der Waals surface area contributed by atoms with Crippen LogP contribution < -0.4 is 4.74 Å². The fraction of sp³-hybridized carbons (Fsp3) is 0.455. The van der Waals surface area contributed by atoms with Crippen molar-refractivity contribution >= 4 is 0 Å². The SMILES string of the molecule is CC1(C)CCOc2c(F)cccc21. The van der Waals surface area contributed by atoms with Gasteiger partial charge in [-0.05, 0) is 17.9 Å². The molecule has 70 valence electrons. The predicted molar refractivity (Wildman–Crippen MR) is 49.5 cm³/mol. The molecule has 0 aromatic heterocycles. The normalized spacial score (nSPS) is 19.0. The van der Waals surface area contributed by atoms with E-state index in [1.165, 1.54) is 6.07 Å². The first-order valence-electron chi connectivity index (χ1n) is 4.53. The average molecular weight is 180 g/mol. The molecule has 1 heterocycles. The number of para-hydroxylation sites is 1. The third-order valence-corrected chi connectivity index (χ3v) is 2.67. The highest BCUT2D eigenvalue weighted by Crippen LogP contribution is 2.39. The van der Waals surface area contributed by atoms with Gasteiger partial charge in [-0.15, -0.1) is 0 Å². The molecular formula is C11H13FO. The predicted octanol–water partition coefficient (Wildman–Crippen LogP) is 2.89. The molecule has 1 nitrogen and oxygen atoms in total. The molecule has 0 unspecified atom stereocenters. The average Bonchev–Trinajstić information content (AvgIpc) is 2.06. The number of fused-ring (bicyclic) bond motifs is 1. The summed E-state index contributed by atoms with van der Waals surface area (Å²) in [5.41, 5.74) is 1.02. The minimum Gasteiger partial charge on any atom is -0.490 e.